The number of hydrogen-bond acceptors (Lipinski definition) is 5. The average Bonchev–Trinajstić information content (AvgIpc) is 3.56. The molecular formula is C25H16ClNO4S. The first-order valence-electron chi connectivity index (χ1n) is 10.3. The first kappa shape index (κ1) is 18.4. The number of anilines is 1. The number of halogens is 1. The lowest BCUT2D eigenvalue weighted by atomic mass is 9.77. The van der Waals surface area contributed by atoms with Crippen LogP contribution in [0.15, 0.2) is 60.0 Å². The first-order valence-corrected chi connectivity index (χ1v) is 11.5. The maximum atomic E-state index is 14.1. The highest BCUT2D eigenvalue weighted by molar-refractivity contribution is 7.17. The average molecular weight is 462 g/mol. The van der Waals surface area contributed by atoms with Crippen molar-refractivity contribution in [2.75, 3.05) is 18.3 Å². The van der Waals surface area contributed by atoms with Gasteiger partial charge in [0.05, 0.1) is 6.54 Å². The van der Waals surface area contributed by atoms with Crippen molar-refractivity contribution in [1.29, 1.82) is 0 Å². The van der Waals surface area contributed by atoms with E-state index in [1.165, 1.54) is 0 Å². The van der Waals surface area contributed by atoms with Crippen LogP contribution in [0.5, 0.6) is 17.2 Å². The Bertz CT molecular complexity index is 1450. The molecule has 0 saturated heterocycles. The lowest BCUT2D eigenvalue weighted by molar-refractivity contribution is -0.122. The predicted octanol–water partition coefficient (Wildman–Crippen LogP) is 5.51. The Hall–Kier alpha value is -3.22. The van der Waals surface area contributed by atoms with Crippen molar-refractivity contribution in [3.05, 3.63) is 81.7 Å². The van der Waals surface area contributed by atoms with E-state index < -0.39 is 5.41 Å². The molecule has 1 aromatic heterocycles. The lowest BCUT2D eigenvalue weighted by Gasteiger charge is -2.23. The van der Waals surface area contributed by atoms with Crippen LogP contribution in [0.3, 0.4) is 0 Å². The number of benzene rings is 3. The van der Waals surface area contributed by atoms with E-state index in [-0.39, 0.29) is 19.3 Å². The summed E-state index contributed by atoms with van der Waals surface area (Å²) >= 11 is 7.92. The molecule has 3 aromatic carbocycles. The van der Waals surface area contributed by atoms with Gasteiger partial charge in [0.2, 0.25) is 12.7 Å². The number of para-hydroxylation sites is 1. The fraction of sp³-hybridized carbons (Fsp3) is 0.160. The van der Waals surface area contributed by atoms with Gasteiger partial charge < -0.3 is 19.1 Å². The molecule has 4 aromatic rings. The van der Waals surface area contributed by atoms with Gasteiger partial charge in [0.15, 0.2) is 11.5 Å². The van der Waals surface area contributed by atoms with Gasteiger partial charge in [0.1, 0.15) is 17.8 Å². The number of rotatable bonds is 2. The molecule has 5 nitrogen and oxygen atoms in total. The van der Waals surface area contributed by atoms with Gasteiger partial charge in [0, 0.05) is 27.0 Å². The Kier molecular flexibility index (Phi) is 3.67. The third kappa shape index (κ3) is 2.31. The Morgan fingerprint density at radius 3 is 2.72 bits per heavy atom. The second kappa shape index (κ2) is 6.40. The minimum absolute atomic E-state index is 0.0118. The SMILES string of the molecule is O=C1N(Cc2csc3ccc(Cl)cc23)c2ccccc2C12COc1cc3c(cc12)OCO3. The largest absolute Gasteiger partial charge is 0.491 e. The quantitative estimate of drug-likeness (QED) is 0.395. The molecule has 158 valence electrons. The van der Waals surface area contributed by atoms with Crippen LogP contribution >= 0.6 is 22.9 Å². The highest BCUT2D eigenvalue weighted by atomic mass is 35.5. The van der Waals surface area contributed by atoms with E-state index in [2.05, 4.69) is 5.38 Å². The van der Waals surface area contributed by atoms with Crippen LogP contribution < -0.4 is 19.1 Å². The second-order valence-corrected chi connectivity index (χ2v) is 9.55. The zero-order chi connectivity index (χ0) is 21.4. The van der Waals surface area contributed by atoms with Gasteiger partial charge in [0.25, 0.3) is 0 Å². The summed E-state index contributed by atoms with van der Waals surface area (Å²) in [5.41, 5.74) is 2.89. The van der Waals surface area contributed by atoms with E-state index in [0.29, 0.717) is 28.8 Å². The van der Waals surface area contributed by atoms with Crippen molar-refractivity contribution in [2.45, 2.75) is 12.0 Å². The predicted molar refractivity (Wildman–Crippen MR) is 123 cm³/mol. The molecule has 4 heterocycles. The number of fused-ring (bicyclic) bond motifs is 6. The van der Waals surface area contributed by atoms with Crippen LogP contribution in [-0.2, 0) is 16.8 Å². The van der Waals surface area contributed by atoms with Crippen molar-refractivity contribution in [3.8, 4) is 17.2 Å². The summed E-state index contributed by atoms with van der Waals surface area (Å²) in [4.78, 5) is 16.0. The first-order chi connectivity index (χ1) is 15.6. The summed E-state index contributed by atoms with van der Waals surface area (Å²) in [6.45, 7) is 0.904. The van der Waals surface area contributed by atoms with E-state index in [9.17, 15) is 4.79 Å². The topological polar surface area (TPSA) is 48.0 Å². The summed E-state index contributed by atoms with van der Waals surface area (Å²) in [5.74, 6) is 1.98. The maximum absolute atomic E-state index is 14.1. The minimum atomic E-state index is -0.892. The Balaban J connectivity index is 1.38. The number of thiophene rings is 1. The number of amides is 1. The Morgan fingerprint density at radius 2 is 1.81 bits per heavy atom. The van der Waals surface area contributed by atoms with Crippen molar-refractivity contribution >= 4 is 44.6 Å². The van der Waals surface area contributed by atoms with Gasteiger partial charge in [-0.15, -0.1) is 11.3 Å². The summed E-state index contributed by atoms with van der Waals surface area (Å²) in [5, 5.41) is 3.88. The lowest BCUT2D eigenvalue weighted by Crippen LogP contribution is -2.42. The van der Waals surface area contributed by atoms with Gasteiger partial charge in [-0.3, -0.25) is 4.79 Å². The molecule has 1 atom stereocenters. The number of nitrogens with zero attached hydrogens (tertiary/aromatic N) is 1. The highest BCUT2D eigenvalue weighted by Gasteiger charge is 2.57. The number of hydrogen-bond donors (Lipinski definition) is 0. The zero-order valence-corrected chi connectivity index (χ0v) is 18.3. The van der Waals surface area contributed by atoms with E-state index in [0.717, 1.165) is 32.5 Å². The third-order valence-electron chi connectivity index (χ3n) is 6.59. The summed E-state index contributed by atoms with van der Waals surface area (Å²) in [6.07, 6.45) is 0. The van der Waals surface area contributed by atoms with Gasteiger partial charge in [-0.2, -0.15) is 0 Å². The fourth-order valence-corrected chi connectivity index (χ4v) is 6.17. The molecule has 0 bridgehead atoms. The summed E-state index contributed by atoms with van der Waals surface area (Å²) in [6, 6.07) is 17.6. The molecule has 0 radical (unpaired) electrons. The molecule has 0 N–H and O–H groups in total. The fourth-order valence-electron chi connectivity index (χ4n) is 5.07. The van der Waals surface area contributed by atoms with Gasteiger partial charge in [-0.1, -0.05) is 29.8 Å². The third-order valence-corrected chi connectivity index (χ3v) is 7.84. The smallest absolute Gasteiger partial charge is 0.246 e. The van der Waals surface area contributed by atoms with Crippen LogP contribution in [0.4, 0.5) is 5.69 Å². The number of carbonyl (C=O) groups is 1. The summed E-state index contributed by atoms with van der Waals surface area (Å²) in [7, 11) is 0. The van der Waals surface area contributed by atoms with Crippen LogP contribution in [0.2, 0.25) is 5.02 Å². The maximum Gasteiger partial charge on any atom is 0.246 e. The molecule has 0 aliphatic carbocycles. The Morgan fingerprint density at radius 1 is 0.969 bits per heavy atom. The van der Waals surface area contributed by atoms with Gasteiger partial charge in [-0.25, -0.2) is 0 Å². The van der Waals surface area contributed by atoms with Gasteiger partial charge in [-0.05, 0) is 52.2 Å². The van der Waals surface area contributed by atoms with Crippen molar-refractivity contribution in [1.82, 2.24) is 0 Å². The molecule has 3 aliphatic rings. The van der Waals surface area contributed by atoms with Crippen molar-refractivity contribution in [3.63, 3.8) is 0 Å². The monoisotopic (exact) mass is 461 g/mol. The highest BCUT2D eigenvalue weighted by Crippen LogP contribution is 2.55. The van der Waals surface area contributed by atoms with Crippen LogP contribution in [0, 0.1) is 0 Å². The van der Waals surface area contributed by atoms with E-state index >= 15 is 0 Å². The summed E-state index contributed by atoms with van der Waals surface area (Å²) < 4.78 is 18.3. The van der Waals surface area contributed by atoms with E-state index in [1.807, 2.05) is 59.5 Å². The van der Waals surface area contributed by atoms with Crippen LogP contribution in [-0.4, -0.2) is 19.3 Å². The normalized spacial score (nSPS) is 20.2. The Labute approximate surface area is 192 Å². The van der Waals surface area contributed by atoms with Crippen molar-refractivity contribution in [2.24, 2.45) is 0 Å². The molecule has 32 heavy (non-hydrogen) atoms. The molecule has 7 rings (SSSR count). The van der Waals surface area contributed by atoms with E-state index in [1.54, 1.807) is 11.3 Å². The van der Waals surface area contributed by atoms with E-state index in [4.69, 9.17) is 25.8 Å². The number of ether oxygens (including phenoxy) is 3. The molecule has 0 saturated carbocycles. The molecule has 3 aliphatic heterocycles. The van der Waals surface area contributed by atoms with Gasteiger partial charge >= 0.3 is 0 Å². The van der Waals surface area contributed by atoms with Crippen LogP contribution in [0.1, 0.15) is 16.7 Å². The molecule has 1 spiro atoms. The minimum Gasteiger partial charge on any atom is -0.491 e. The zero-order valence-electron chi connectivity index (χ0n) is 16.8. The molecule has 0 fully saturated rings. The van der Waals surface area contributed by atoms with Crippen molar-refractivity contribution < 1.29 is 19.0 Å². The number of carbonyl (C=O) groups excluding carboxylic acids is 1. The van der Waals surface area contributed by atoms with Crippen LogP contribution in [0.25, 0.3) is 10.1 Å². The standard InChI is InChI=1S/C25H16ClNO4S/c26-15-5-6-23-16(7-15)14(11-32-23)10-27-19-4-2-1-3-17(19)25(24(27)28)12-29-20-9-22-21(8-18(20)25)30-13-31-22/h1-9,11H,10,12-13H2. The molecule has 1 amide bonds. The molecule has 7 heteroatoms. The second-order valence-electron chi connectivity index (χ2n) is 8.21. The molecular weight excluding hydrogens is 446 g/mol. The molecule has 1 unspecified atom stereocenters.